The Bertz CT molecular complexity index is 1030. The molecule has 0 amide bonds. The molecule has 4 rings (SSSR count). The second-order valence-corrected chi connectivity index (χ2v) is 6.62. The molecule has 4 aromatic rings. The van der Waals surface area contributed by atoms with E-state index in [0.717, 1.165) is 28.3 Å². The fourth-order valence-corrected chi connectivity index (χ4v) is 3.26. The van der Waals surface area contributed by atoms with Crippen molar-refractivity contribution in [1.29, 1.82) is 0 Å². The number of para-hydroxylation sites is 3. The molecule has 5 heteroatoms. The summed E-state index contributed by atoms with van der Waals surface area (Å²) < 4.78 is 1.73. The van der Waals surface area contributed by atoms with Crippen molar-refractivity contribution in [3.8, 4) is 5.69 Å². The third-order valence-electron chi connectivity index (χ3n) is 4.35. The van der Waals surface area contributed by atoms with Gasteiger partial charge in [0.25, 0.3) is 0 Å². The molecule has 0 saturated carbocycles. The minimum Gasteiger partial charge on any atom is -0.234 e. The highest BCUT2D eigenvalue weighted by atomic mass is 35.5. The zero-order valence-corrected chi connectivity index (χ0v) is 16.2. The summed E-state index contributed by atoms with van der Waals surface area (Å²) in [6.07, 6.45) is 1.77. The summed E-state index contributed by atoms with van der Waals surface area (Å²) in [6.45, 7) is 1.93. The maximum Gasteiger partial charge on any atom is 0.142 e. The molecule has 0 spiro atoms. The van der Waals surface area contributed by atoms with Crippen LogP contribution in [0.25, 0.3) is 5.69 Å². The summed E-state index contributed by atoms with van der Waals surface area (Å²) in [4.78, 5) is 0. The molecular formula is C23H19ClN4. The third-order valence-corrected chi connectivity index (χ3v) is 4.72. The first-order chi connectivity index (χ1) is 13.7. The SMILES string of the molecule is Cc1nn(-c2ccccc2)c(Cl)c1/C=N\N(c1ccccc1)c1ccccc1. The van der Waals surface area contributed by atoms with E-state index in [2.05, 4.69) is 5.10 Å². The van der Waals surface area contributed by atoms with Crippen LogP contribution >= 0.6 is 11.6 Å². The van der Waals surface area contributed by atoms with Crippen LogP contribution in [0.5, 0.6) is 0 Å². The Morgan fingerprint density at radius 2 is 1.32 bits per heavy atom. The van der Waals surface area contributed by atoms with Crippen LogP contribution in [0.15, 0.2) is 96.1 Å². The molecule has 28 heavy (non-hydrogen) atoms. The van der Waals surface area contributed by atoms with Crippen molar-refractivity contribution >= 4 is 29.2 Å². The van der Waals surface area contributed by atoms with Gasteiger partial charge in [0.2, 0.25) is 0 Å². The first-order valence-corrected chi connectivity index (χ1v) is 9.36. The second-order valence-electron chi connectivity index (χ2n) is 6.26. The Morgan fingerprint density at radius 3 is 1.86 bits per heavy atom. The van der Waals surface area contributed by atoms with Crippen LogP contribution in [0.2, 0.25) is 5.15 Å². The van der Waals surface area contributed by atoms with Crippen molar-refractivity contribution in [3.05, 3.63) is 107 Å². The molecule has 0 saturated heterocycles. The second kappa shape index (κ2) is 8.11. The van der Waals surface area contributed by atoms with E-state index in [0.29, 0.717) is 5.15 Å². The maximum atomic E-state index is 6.63. The number of hydrogen-bond acceptors (Lipinski definition) is 3. The summed E-state index contributed by atoms with van der Waals surface area (Å²) >= 11 is 6.63. The Balaban J connectivity index is 1.73. The van der Waals surface area contributed by atoms with E-state index in [1.165, 1.54) is 0 Å². The fourth-order valence-electron chi connectivity index (χ4n) is 2.93. The van der Waals surface area contributed by atoms with E-state index in [1.807, 2.05) is 103 Å². The summed E-state index contributed by atoms with van der Waals surface area (Å²) in [5, 5.41) is 11.7. The molecule has 3 aromatic carbocycles. The molecule has 138 valence electrons. The molecule has 0 radical (unpaired) electrons. The van der Waals surface area contributed by atoms with Gasteiger partial charge in [0.05, 0.1) is 34.5 Å². The van der Waals surface area contributed by atoms with Gasteiger partial charge in [0.15, 0.2) is 0 Å². The summed E-state index contributed by atoms with van der Waals surface area (Å²) in [5.41, 5.74) is 4.46. The molecule has 4 nitrogen and oxygen atoms in total. The highest BCUT2D eigenvalue weighted by Crippen LogP contribution is 2.26. The van der Waals surface area contributed by atoms with Crippen LogP contribution in [0.1, 0.15) is 11.3 Å². The molecule has 0 aliphatic carbocycles. The lowest BCUT2D eigenvalue weighted by molar-refractivity contribution is 0.863. The number of benzene rings is 3. The molecule has 1 heterocycles. The molecule has 0 atom stereocenters. The molecular weight excluding hydrogens is 368 g/mol. The smallest absolute Gasteiger partial charge is 0.142 e. The summed E-state index contributed by atoms with van der Waals surface area (Å²) in [7, 11) is 0. The van der Waals surface area contributed by atoms with Crippen LogP contribution in [-0.2, 0) is 0 Å². The monoisotopic (exact) mass is 386 g/mol. The Morgan fingerprint density at radius 1 is 0.821 bits per heavy atom. The number of rotatable bonds is 5. The van der Waals surface area contributed by atoms with Gasteiger partial charge in [-0.15, -0.1) is 0 Å². The molecule has 0 aliphatic heterocycles. The van der Waals surface area contributed by atoms with Crippen molar-refractivity contribution in [2.45, 2.75) is 6.92 Å². The quantitative estimate of drug-likeness (QED) is 0.311. The largest absolute Gasteiger partial charge is 0.234 e. The molecule has 1 aromatic heterocycles. The zero-order chi connectivity index (χ0) is 19.3. The van der Waals surface area contributed by atoms with Crippen LogP contribution in [-0.4, -0.2) is 16.0 Å². The minimum absolute atomic E-state index is 0.536. The van der Waals surface area contributed by atoms with Crippen molar-refractivity contribution in [2.75, 3.05) is 5.01 Å². The number of aromatic nitrogens is 2. The van der Waals surface area contributed by atoms with E-state index in [-0.39, 0.29) is 0 Å². The summed E-state index contributed by atoms with van der Waals surface area (Å²) in [5.74, 6) is 0. The number of hydrogen-bond donors (Lipinski definition) is 0. The predicted molar refractivity (Wildman–Crippen MR) is 116 cm³/mol. The first kappa shape index (κ1) is 18.0. The maximum absolute atomic E-state index is 6.63. The highest BCUT2D eigenvalue weighted by Gasteiger charge is 2.14. The number of hydrazone groups is 1. The van der Waals surface area contributed by atoms with Crippen LogP contribution < -0.4 is 5.01 Å². The number of halogens is 1. The third kappa shape index (κ3) is 3.68. The normalized spacial score (nSPS) is 11.1. The lowest BCUT2D eigenvalue weighted by Gasteiger charge is -2.19. The summed E-state index contributed by atoms with van der Waals surface area (Å²) in [6, 6.07) is 29.9. The van der Waals surface area contributed by atoms with E-state index in [4.69, 9.17) is 16.7 Å². The van der Waals surface area contributed by atoms with Crippen LogP contribution in [0.3, 0.4) is 0 Å². The number of anilines is 2. The lowest BCUT2D eigenvalue weighted by atomic mass is 10.2. The highest BCUT2D eigenvalue weighted by molar-refractivity contribution is 6.32. The van der Waals surface area contributed by atoms with Gasteiger partial charge in [-0.25, -0.2) is 9.69 Å². The average molecular weight is 387 g/mol. The minimum atomic E-state index is 0.536. The standard InChI is InChI=1S/C23H19ClN4/c1-18-22(23(24)28(26-18)21-15-9-4-10-16-21)17-25-27(19-11-5-2-6-12-19)20-13-7-3-8-14-20/h2-17H,1H3/b25-17-. The van der Waals surface area contributed by atoms with Crippen molar-refractivity contribution in [2.24, 2.45) is 5.10 Å². The van der Waals surface area contributed by atoms with E-state index in [1.54, 1.807) is 10.9 Å². The van der Waals surface area contributed by atoms with Gasteiger partial charge in [-0.2, -0.15) is 10.2 Å². The first-order valence-electron chi connectivity index (χ1n) is 8.99. The van der Waals surface area contributed by atoms with Crippen molar-refractivity contribution in [3.63, 3.8) is 0 Å². The van der Waals surface area contributed by atoms with Gasteiger partial charge in [-0.05, 0) is 43.3 Å². The Labute approximate surface area is 169 Å². The van der Waals surface area contributed by atoms with Gasteiger partial charge in [-0.3, -0.25) is 0 Å². The van der Waals surface area contributed by atoms with Gasteiger partial charge in [0, 0.05) is 0 Å². The number of nitrogens with zero attached hydrogens (tertiary/aromatic N) is 4. The van der Waals surface area contributed by atoms with E-state index in [9.17, 15) is 0 Å². The van der Waals surface area contributed by atoms with Crippen molar-refractivity contribution < 1.29 is 0 Å². The van der Waals surface area contributed by atoms with Crippen LogP contribution in [0.4, 0.5) is 11.4 Å². The molecule has 0 aliphatic rings. The Hall–Kier alpha value is -3.37. The zero-order valence-electron chi connectivity index (χ0n) is 15.4. The van der Waals surface area contributed by atoms with Gasteiger partial charge >= 0.3 is 0 Å². The lowest BCUT2D eigenvalue weighted by Crippen LogP contribution is -2.09. The van der Waals surface area contributed by atoms with Gasteiger partial charge in [-0.1, -0.05) is 66.2 Å². The predicted octanol–water partition coefficient (Wildman–Crippen LogP) is 6.01. The fraction of sp³-hybridized carbons (Fsp3) is 0.0435. The topological polar surface area (TPSA) is 33.4 Å². The van der Waals surface area contributed by atoms with E-state index < -0.39 is 0 Å². The average Bonchev–Trinajstić information content (AvgIpc) is 3.04. The van der Waals surface area contributed by atoms with Gasteiger partial charge in [0.1, 0.15) is 5.15 Å². The van der Waals surface area contributed by atoms with Gasteiger partial charge < -0.3 is 0 Å². The molecule has 0 N–H and O–H groups in total. The Kier molecular flexibility index (Phi) is 5.22. The van der Waals surface area contributed by atoms with E-state index >= 15 is 0 Å². The van der Waals surface area contributed by atoms with Crippen LogP contribution in [0, 0.1) is 6.92 Å². The molecule has 0 unspecified atom stereocenters. The number of aryl methyl sites for hydroxylation is 1. The van der Waals surface area contributed by atoms with Crippen molar-refractivity contribution in [1.82, 2.24) is 9.78 Å². The molecule has 0 fully saturated rings. The molecule has 0 bridgehead atoms.